The van der Waals surface area contributed by atoms with Crippen molar-refractivity contribution in [3.8, 4) is 0 Å². The van der Waals surface area contributed by atoms with Crippen LogP contribution < -0.4 is 10.6 Å². The van der Waals surface area contributed by atoms with Crippen LogP contribution in [0, 0.1) is 18.3 Å². The summed E-state index contributed by atoms with van der Waals surface area (Å²) in [6.07, 6.45) is 4.54. The van der Waals surface area contributed by atoms with Crippen LogP contribution in [-0.4, -0.2) is 18.4 Å². The van der Waals surface area contributed by atoms with Crippen molar-refractivity contribution in [2.45, 2.75) is 47.0 Å². The first kappa shape index (κ1) is 21.3. The molecule has 1 aromatic heterocycles. The van der Waals surface area contributed by atoms with Gasteiger partial charge in [-0.05, 0) is 55.2 Å². The van der Waals surface area contributed by atoms with E-state index in [1.54, 1.807) is 23.5 Å². The van der Waals surface area contributed by atoms with E-state index >= 15 is 0 Å². The van der Waals surface area contributed by atoms with Crippen molar-refractivity contribution in [1.29, 1.82) is 0 Å². The Kier molecular flexibility index (Phi) is 6.27. The van der Waals surface area contributed by atoms with Crippen molar-refractivity contribution in [3.05, 3.63) is 64.1 Å². The second kappa shape index (κ2) is 8.54. The molecule has 1 unspecified atom stereocenters. The highest BCUT2D eigenvalue weighted by Crippen LogP contribution is 2.44. The molecule has 29 heavy (non-hydrogen) atoms. The summed E-state index contributed by atoms with van der Waals surface area (Å²) in [6.45, 7) is 12.9. The van der Waals surface area contributed by atoms with Gasteiger partial charge in [0.25, 0.3) is 11.8 Å². The van der Waals surface area contributed by atoms with Crippen LogP contribution in [0.4, 0.5) is 5.00 Å². The first-order valence-corrected chi connectivity index (χ1v) is 10.9. The SMILES string of the molecule is C=CCNC(=O)c1c(NC(=O)c2cccc(C)c2)sc2c1CCC(C(C)(C)C)C2. The van der Waals surface area contributed by atoms with Crippen LogP contribution in [0.25, 0.3) is 0 Å². The maximum atomic E-state index is 12.9. The molecule has 3 rings (SSSR count). The van der Waals surface area contributed by atoms with Gasteiger partial charge in [0.1, 0.15) is 5.00 Å². The number of amides is 2. The molecule has 1 atom stereocenters. The third kappa shape index (κ3) is 4.78. The minimum Gasteiger partial charge on any atom is -0.348 e. The van der Waals surface area contributed by atoms with Crippen LogP contribution in [0.1, 0.15) is 63.9 Å². The third-order valence-electron chi connectivity index (χ3n) is 5.63. The fourth-order valence-corrected chi connectivity index (χ4v) is 5.19. The number of aryl methyl sites for hydroxylation is 1. The highest BCUT2D eigenvalue weighted by atomic mass is 32.1. The number of rotatable bonds is 5. The minimum atomic E-state index is -0.183. The molecule has 0 spiro atoms. The number of benzene rings is 1. The van der Waals surface area contributed by atoms with Crippen molar-refractivity contribution < 1.29 is 9.59 Å². The largest absolute Gasteiger partial charge is 0.348 e. The average molecular weight is 411 g/mol. The van der Waals surface area contributed by atoms with E-state index in [-0.39, 0.29) is 17.2 Å². The molecule has 0 fully saturated rings. The van der Waals surface area contributed by atoms with Crippen LogP contribution in [0.2, 0.25) is 0 Å². The van der Waals surface area contributed by atoms with E-state index in [4.69, 9.17) is 0 Å². The van der Waals surface area contributed by atoms with Gasteiger partial charge in [0.2, 0.25) is 0 Å². The monoisotopic (exact) mass is 410 g/mol. The number of fused-ring (bicyclic) bond motifs is 1. The Labute approximate surface area is 177 Å². The summed E-state index contributed by atoms with van der Waals surface area (Å²) in [5.41, 5.74) is 3.57. The number of hydrogen-bond donors (Lipinski definition) is 2. The van der Waals surface area contributed by atoms with E-state index in [2.05, 4.69) is 38.0 Å². The van der Waals surface area contributed by atoms with Crippen LogP contribution in [0.3, 0.4) is 0 Å². The minimum absolute atomic E-state index is 0.142. The number of hydrogen-bond acceptors (Lipinski definition) is 3. The molecule has 2 aromatic rings. The summed E-state index contributed by atoms with van der Waals surface area (Å²) in [7, 11) is 0. The molecule has 2 amide bonds. The molecule has 4 nitrogen and oxygen atoms in total. The molecular weight excluding hydrogens is 380 g/mol. The summed E-state index contributed by atoms with van der Waals surface area (Å²) in [5.74, 6) is 0.242. The maximum absolute atomic E-state index is 12.9. The number of nitrogens with one attached hydrogen (secondary N) is 2. The van der Waals surface area contributed by atoms with Gasteiger partial charge in [-0.2, -0.15) is 0 Å². The Bertz CT molecular complexity index is 937. The zero-order valence-corrected chi connectivity index (χ0v) is 18.5. The zero-order chi connectivity index (χ0) is 21.2. The fraction of sp³-hybridized carbons (Fsp3) is 0.417. The molecule has 0 radical (unpaired) electrons. The highest BCUT2D eigenvalue weighted by Gasteiger charge is 2.34. The smallest absolute Gasteiger partial charge is 0.256 e. The Hall–Kier alpha value is -2.40. The van der Waals surface area contributed by atoms with Gasteiger partial charge >= 0.3 is 0 Å². The van der Waals surface area contributed by atoms with Crippen molar-refractivity contribution in [1.82, 2.24) is 5.32 Å². The maximum Gasteiger partial charge on any atom is 0.256 e. The van der Waals surface area contributed by atoms with Gasteiger partial charge < -0.3 is 10.6 Å². The lowest BCUT2D eigenvalue weighted by Crippen LogP contribution is -2.28. The molecule has 154 valence electrons. The van der Waals surface area contributed by atoms with E-state index in [0.717, 1.165) is 30.4 Å². The van der Waals surface area contributed by atoms with Crippen molar-refractivity contribution in [2.24, 2.45) is 11.3 Å². The summed E-state index contributed by atoms with van der Waals surface area (Å²) >= 11 is 1.55. The second-order valence-electron chi connectivity index (χ2n) is 8.84. The van der Waals surface area contributed by atoms with E-state index in [1.165, 1.54) is 4.88 Å². The zero-order valence-electron chi connectivity index (χ0n) is 17.7. The van der Waals surface area contributed by atoms with Gasteiger partial charge in [0.15, 0.2) is 0 Å². The first-order chi connectivity index (χ1) is 13.7. The normalized spacial score (nSPS) is 16.1. The predicted molar refractivity (Wildman–Crippen MR) is 121 cm³/mol. The lowest BCUT2D eigenvalue weighted by molar-refractivity contribution is 0.0957. The summed E-state index contributed by atoms with van der Waals surface area (Å²) in [4.78, 5) is 27.0. The van der Waals surface area contributed by atoms with E-state index in [1.807, 2.05) is 25.1 Å². The summed E-state index contributed by atoms with van der Waals surface area (Å²) in [5, 5.41) is 6.55. The number of thiophene rings is 1. The van der Waals surface area contributed by atoms with Crippen molar-refractivity contribution >= 4 is 28.2 Å². The standard InChI is InChI=1S/C24H30N2O2S/c1-6-12-25-22(28)20-18-11-10-17(24(3,4)5)14-19(18)29-23(20)26-21(27)16-9-7-8-15(2)13-16/h6-9,13,17H,1,10-12,14H2,2-5H3,(H,25,28)(H,26,27). The molecule has 5 heteroatoms. The van der Waals surface area contributed by atoms with Gasteiger partial charge in [-0.25, -0.2) is 0 Å². The molecule has 1 aliphatic rings. The van der Waals surface area contributed by atoms with Gasteiger partial charge in [-0.3, -0.25) is 9.59 Å². The molecule has 0 aliphatic heterocycles. The second-order valence-corrected chi connectivity index (χ2v) is 9.94. The summed E-state index contributed by atoms with van der Waals surface area (Å²) < 4.78 is 0. The first-order valence-electron chi connectivity index (χ1n) is 10.1. The van der Waals surface area contributed by atoms with Gasteiger partial charge in [0, 0.05) is 17.0 Å². The Morgan fingerprint density at radius 3 is 2.69 bits per heavy atom. The van der Waals surface area contributed by atoms with Crippen LogP contribution in [-0.2, 0) is 12.8 Å². The molecule has 2 N–H and O–H groups in total. The molecule has 1 heterocycles. The topological polar surface area (TPSA) is 58.2 Å². The molecule has 0 bridgehead atoms. The van der Waals surface area contributed by atoms with Gasteiger partial charge in [0.05, 0.1) is 5.56 Å². The Morgan fingerprint density at radius 1 is 1.28 bits per heavy atom. The Morgan fingerprint density at radius 2 is 2.03 bits per heavy atom. The number of carbonyl (C=O) groups excluding carboxylic acids is 2. The lowest BCUT2D eigenvalue weighted by Gasteiger charge is -2.33. The highest BCUT2D eigenvalue weighted by molar-refractivity contribution is 7.17. The fourth-order valence-electron chi connectivity index (χ4n) is 3.87. The van der Waals surface area contributed by atoms with E-state index in [9.17, 15) is 9.59 Å². The van der Waals surface area contributed by atoms with Crippen LogP contribution in [0.5, 0.6) is 0 Å². The predicted octanol–water partition coefficient (Wildman–Crippen LogP) is 5.38. The van der Waals surface area contributed by atoms with Crippen LogP contribution >= 0.6 is 11.3 Å². The molecule has 0 saturated heterocycles. The van der Waals surface area contributed by atoms with Gasteiger partial charge in [-0.15, -0.1) is 17.9 Å². The van der Waals surface area contributed by atoms with Crippen molar-refractivity contribution in [2.75, 3.05) is 11.9 Å². The number of anilines is 1. The number of carbonyl (C=O) groups is 2. The lowest BCUT2D eigenvalue weighted by atomic mass is 9.72. The molecule has 0 saturated carbocycles. The van der Waals surface area contributed by atoms with E-state index in [0.29, 0.717) is 28.6 Å². The molecule has 1 aromatic carbocycles. The Balaban J connectivity index is 1.95. The van der Waals surface area contributed by atoms with Crippen LogP contribution in [0.15, 0.2) is 36.9 Å². The van der Waals surface area contributed by atoms with E-state index < -0.39 is 0 Å². The van der Waals surface area contributed by atoms with Gasteiger partial charge in [-0.1, -0.05) is 44.5 Å². The average Bonchev–Trinajstić information content (AvgIpc) is 3.02. The third-order valence-corrected chi connectivity index (χ3v) is 6.80. The van der Waals surface area contributed by atoms with Crippen molar-refractivity contribution in [3.63, 3.8) is 0 Å². The molecule has 1 aliphatic carbocycles. The molecular formula is C24H30N2O2S. The quantitative estimate of drug-likeness (QED) is 0.651. The summed E-state index contributed by atoms with van der Waals surface area (Å²) in [6, 6.07) is 7.48.